The van der Waals surface area contributed by atoms with Gasteiger partial charge in [0.2, 0.25) is 0 Å². The smallest absolute Gasteiger partial charge is 0.185 e. The highest BCUT2D eigenvalue weighted by molar-refractivity contribution is 6.08. The van der Waals surface area contributed by atoms with E-state index in [-0.39, 0.29) is 17.3 Å². The van der Waals surface area contributed by atoms with Crippen molar-refractivity contribution in [2.24, 2.45) is 5.92 Å². The summed E-state index contributed by atoms with van der Waals surface area (Å²) in [5, 5.41) is 0. The molecule has 28 heavy (non-hydrogen) atoms. The molecule has 1 aliphatic heterocycles. The maximum absolute atomic E-state index is 12.6. The topological polar surface area (TPSA) is 38.8 Å². The highest BCUT2D eigenvalue weighted by Crippen LogP contribution is 2.30. The third-order valence-electron chi connectivity index (χ3n) is 5.77. The first-order valence-corrected chi connectivity index (χ1v) is 10.1. The number of hydrogen-bond donors (Lipinski definition) is 0. The molecule has 150 valence electrons. The Hall–Kier alpha value is -2.17. The molecule has 0 amide bonds. The minimum absolute atomic E-state index is 0.0121. The van der Waals surface area contributed by atoms with E-state index in [1.54, 1.807) is 13.2 Å². The molecule has 0 spiro atoms. The Morgan fingerprint density at radius 3 is 2.61 bits per heavy atom. The lowest BCUT2D eigenvalue weighted by atomic mass is 9.83. The highest BCUT2D eigenvalue weighted by Gasteiger charge is 2.31. The minimum atomic E-state index is -0.358. The van der Waals surface area contributed by atoms with Crippen molar-refractivity contribution in [1.29, 1.82) is 0 Å². The van der Waals surface area contributed by atoms with E-state index in [9.17, 15) is 4.79 Å². The molecule has 1 aromatic carbocycles. The summed E-state index contributed by atoms with van der Waals surface area (Å²) in [6.45, 7) is 8.29. The fourth-order valence-electron chi connectivity index (χ4n) is 3.63. The van der Waals surface area contributed by atoms with Gasteiger partial charge in [-0.3, -0.25) is 4.79 Å². The molecular weight excluding hydrogens is 350 g/mol. The van der Waals surface area contributed by atoms with Crippen molar-refractivity contribution in [3.05, 3.63) is 59.7 Å². The number of nitrogens with zero attached hydrogens (tertiary/aromatic N) is 1. The number of benzene rings is 1. The molecule has 2 aliphatic rings. The number of methoxy groups -OCH3 is 1. The van der Waals surface area contributed by atoms with Gasteiger partial charge in [-0.2, -0.15) is 0 Å². The zero-order chi connectivity index (χ0) is 20.0. The van der Waals surface area contributed by atoms with Gasteiger partial charge in [0.15, 0.2) is 5.78 Å². The lowest BCUT2D eigenvalue weighted by molar-refractivity contribution is -0.111. The van der Waals surface area contributed by atoms with E-state index in [2.05, 4.69) is 18.7 Å². The van der Waals surface area contributed by atoms with Crippen LogP contribution in [0.5, 0.6) is 5.75 Å². The van der Waals surface area contributed by atoms with Gasteiger partial charge in [0.1, 0.15) is 5.75 Å². The van der Waals surface area contributed by atoms with Gasteiger partial charge < -0.3 is 14.4 Å². The SMILES string of the molecule is COc1ccc(C=CC(=O)C2=CC(C)C(C)(OCCN3CCCC3)C=C2)cc1. The Bertz CT molecular complexity index is 757. The average Bonchev–Trinajstić information content (AvgIpc) is 3.22. The van der Waals surface area contributed by atoms with Crippen molar-refractivity contribution in [2.75, 3.05) is 33.4 Å². The molecule has 0 N–H and O–H groups in total. The largest absolute Gasteiger partial charge is 0.497 e. The summed E-state index contributed by atoms with van der Waals surface area (Å²) in [6, 6.07) is 7.64. The van der Waals surface area contributed by atoms with Crippen LogP contribution in [0.2, 0.25) is 0 Å². The second kappa shape index (κ2) is 9.35. The summed E-state index contributed by atoms with van der Waals surface area (Å²) in [4.78, 5) is 15.0. The molecule has 1 fully saturated rings. The van der Waals surface area contributed by atoms with Crippen LogP contribution in [-0.2, 0) is 9.53 Å². The number of carbonyl (C=O) groups is 1. The lowest BCUT2D eigenvalue weighted by Gasteiger charge is -2.34. The van der Waals surface area contributed by atoms with Gasteiger partial charge in [0, 0.05) is 18.0 Å². The van der Waals surface area contributed by atoms with Crippen LogP contribution in [0.15, 0.2) is 54.1 Å². The number of allylic oxidation sites excluding steroid dienone is 3. The van der Waals surface area contributed by atoms with Gasteiger partial charge in [0.25, 0.3) is 0 Å². The molecule has 0 saturated carbocycles. The molecule has 1 saturated heterocycles. The fourth-order valence-corrected chi connectivity index (χ4v) is 3.63. The predicted molar refractivity (Wildman–Crippen MR) is 113 cm³/mol. The lowest BCUT2D eigenvalue weighted by Crippen LogP contribution is -2.38. The Morgan fingerprint density at radius 1 is 1.25 bits per heavy atom. The fraction of sp³-hybridized carbons (Fsp3) is 0.458. The van der Waals surface area contributed by atoms with Crippen LogP contribution in [0.1, 0.15) is 32.3 Å². The Kier molecular flexibility index (Phi) is 6.87. The number of ketones is 1. The first-order chi connectivity index (χ1) is 13.5. The summed E-state index contributed by atoms with van der Waals surface area (Å²) in [5.74, 6) is 0.960. The summed E-state index contributed by atoms with van der Waals surface area (Å²) in [5.41, 5.74) is 1.33. The van der Waals surface area contributed by atoms with E-state index in [0.717, 1.165) is 30.0 Å². The van der Waals surface area contributed by atoms with Crippen LogP contribution in [0.25, 0.3) is 6.08 Å². The number of hydrogen-bond acceptors (Lipinski definition) is 4. The second-order valence-corrected chi connectivity index (χ2v) is 7.80. The van der Waals surface area contributed by atoms with E-state index in [1.165, 1.54) is 25.9 Å². The Morgan fingerprint density at radius 2 is 1.96 bits per heavy atom. The molecule has 2 unspecified atom stereocenters. The number of carbonyl (C=O) groups excluding carboxylic acids is 1. The van der Waals surface area contributed by atoms with E-state index in [1.807, 2.05) is 48.6 Å². The minimum Gasteiger partial charge on any atom is -0.497 e. The van der Waals surface area contributed by atoms with Crippen LogP contribution in [0.3, 0.4) is 0 Å². The molecule has 1 heterocycles. The molecule has 2 atom stereocenters. The van der Waals surface area contributed by atoms with Gasteiger partial charge in [-0.25, -0.2) is 0 Å². The molecule has 0 radical (unpaired) electrons. The van der Waals surface area contributed by atoms with Crippen LogP contribution in [0, 0.1) is 5.92 Å². The van der Waals surface area contributed by atoms with Crippen LogP contribution < -0.4 is 4.74 Å². The van der Waals surface area contributed by atoms with Crippen LogP contribution >= 0.6 is 0 Å². The van der Waals surface area contributed by atoms with Gasteiger partial charge in [0.05, 0.1) is 19.3 Å². The second-order valence-electron chi connectivity index (χ2n) is 7.80. The highest BCUT2D eigenvalue weighted by atomic mass is 16.5. The van der Waals surface area contributed by atoms with E-state index in [0.29, 0.717) is 0 Å². The van der Waals surface area contributed by atoms with Crippen molar-refractivity contribution in [2.45, 2.75) is 32.3 Å². The third-order valence-corrected chi connectivity index (χ3v) is 5.77. The number of likely N-dealkylation sites (tertiary alicyclic amines) is 1. The van der Waals surface area contributed by atoms with Crippen LogP contribution in [0.4, 0.5) is 0 Å². The molecule has 4 nitrogen and oxygen atoms in total. The molecule has 4 heteroatoms. The normalized spacial score (nSPS) is 25.2. The molecule has 3 rings (SSSR count). The standard InChI is InChI=1S/C24H31NO3/c1-19-18-21(23(26)11-8-20-6-9-22(27-3)10-7-20)12-13-24(19,2)28-17-16-25-14-4-5-15-25/h6-13,18-19H,4-5,14-17H2,1-3H3. The van der Waals surface area contributed by atoms with Gasteiger partial charge in [-0.15, -0.1) is 0 Å². The van der Waals surface area contributed by atoms with E-state index >= 15 is 0 Å². The monoisotopic (exact) mass is 381 g/mol. The van der Waals surface area contributed by atoms with Gasteiger partial charge in [-0.05, 0) is 56.6 Å². The van der Waals surface area contributed by atoms with E-state index < -0.39 is 0 Å². The Labute approximate surface area is 168 Å². The maximum Gasteiger partial charge on any atom is 0.185 e. The molecule has 0 aromatic heterocycles. The first kappa shape index (κ1) is 20.6. The number of ether oxygens (including phenoxy) is 2. The Balaban J connectivity index is 1.54. The molecule has 1 aliphatic carbocycles. The maximum atomic E-state index is 12.6. The zero-order valence-electron chi connectivity index (χ0n) is 17.2. The molecule has 1 aromatic rings. The van der Waals surface area contributed by atoms with Crippen molar-refractivity contribution in [3.8, 4) is 5.75 Å². The van der Waals surface area contributed by atoms with E-state index in [4.69, 9.17) is 9.47 Å². The van der Waals surface area contributed by atoms with Gasteiger partial charge in [-0.1, -0.05) is 43.4 Å². The molecule has 0 bridgehead atoms. The summed E-state index contributed by atoms with van der Waals surface area (Å²) in [7, 11) is 1.64. The zero-order valence-corrected chi connectivity index (χ0v) is 17.2. The van der Waals surface area contributed by atoms with Crippen molar-refractivity contribution < 1.29 is 14.3 Å². The van der Waals surface area contributed by atoms with Gasteiger partial charge >= 0.3 is 0 Å². The number of rotatable bonds is 8. The van der Waals surface area contributed by atoms with Crippen LogP contribution in [-0.4, -0.2) is 49.6 Å². The average molecular weight is 382 g/mol. The van der Waals surface area contributed by atoms with Crippen molar-refractivity contribution in [1.82, 2.24) is 4.90 Å². The molecular formula is C24H31NO3. The quantitative estimate of drug-likeness (QED) is 0.630. The van der Waals surface area contributed by atoms with Crippen molar-refractivity contribution in [3.63, 3.8) is 0 Å². The predicted octanol–water partition coefficient (Wildman–Crippen LogP) is 4.28. The summed E-state index contributed by atoms with van der Waals surface area (Å²) < 4.78 is 11.4. The summed E-state index contributed by atoms with van der Waals surface area (Å²) >= 11 is 0. The first-order valence-electron chi connectivity index (χ1n) is 10.1. The third kappa shape index (κ3) is 5.21. The summed E-state index contributed by atoms with van der Waals surface area (Å²) in [6.07, 6.45) is 12.0. The van der Waals surface area contributed by atoms with Crippen molar-refractivity contribution >= 4 is 11.9 Å².